The molecule has 1 aromatic carbocycles. The molecule has 1 aromatic rings. The third kappa shape index (κ3) is 4.74. The van der Waals surface area contributed by atoms with E-state index in [0.717, 1.165) is 12.1 Å². The summed E-state index contributed by atoms with van der Waals surface area (Å²) in [7, 11) is -3.92. The number of rotatable bonds is 5. The minimum Gasteiger partial charge on any atom is -0.281 e. The first-order chi connectivity index (χ1) is 8.67. The van der Waals surface area contributed by atoms with Crippen LogP contribution in [0.2, 0.25) is 5.02 Å². The van der Waals surface area contributed by atoms with Crippen LogP contribution >= 0.6 is 23.2 Å². The van der Waals surface area contributed by atoms with E-state index in [1.807, 2.05) is 4.72 Å². The van der Waals surface area contributed by atoms with E-state index in [0.29, 0.717) is 0 Å². The van der Waals surface area contributed by atoms with Gasteiger partial charge in [-0.25, -0.2) is 8.42 Å². The van der Waals surface area contributed by atoms with Crippen LogP contribution < -0.4 is 4.72 Å². The molecule has 108 valence electrons. The van der Waals surface area contributed by atoms with Gasteiger partial charge in [-0.15, -0.1) is 11.6 Å². The van der Waals surface area contributed by atoms with Crippen molar-refractivity contribution >= 4 is 38.9 Å². The van der Waals surface area contributed by atoms with Crippen molar-refractivity contribution < 1.29 is 21.6 Å². The van der Waals surface area contributed by atoms with Gasteiger partial charge in [0.05, 0.1) is 22.0 Å². The van der Waals surface area contributed by atoms with Gasteiger partial charge in [-0.05, 0) is 18.6 Å². The second-order valence-corrected chi connectivity index (χ2v) is 6.25. The van der Waals surface area contributed by atoms with E-state index in [9.17, 15) is 21.6 Å². The van der Waals surface area contributed by atoms with Crippen LogP contribution in [0, 0.1) is 0 Å². The first-order valence-corrected chi connectivity index (χ1v) is 7.66. The molecular formula is C10H10Cl2F3NO2S. The van der Waals surface area contributed by atoms with E-state index < -0.39 is 27.5 Å². The lowest BCUT2D eigenvalue weighted by molar-refractivity contribution is -0.136. The van der Waals surface area contributed by atoms with E-state index in [2.05, 4.69) is 0 Å². The number of para-hydroxylation sites is 1. The Balaban J connectivity index is 3.14. The summed E-state index contributed by atoms with van der Waals surface area (Å²) < 4.78 is 63.3. The lowest BCUT2D eigenvalue weighted by atomic mass is 10.2. The van der Waals surface area contributed by atoms with Crippen molar-refractivity contribution in [2.24, 2.45) is 0 Å². The zero-order valence-electron chi connectivity index (χ0n) is 9.47. The number of anilines is 1. The van der Waals surface area contributed by atoms with Crippen molar-refractivity contribution in [3.63, 3.8) is 0 Å². The molecule has 0 bridgehead atoms. The van der Waals surface area contributed by atoms with Crippen molar-refractivity contribution in [2.75, 3.05) is 16.4 Å². The molecule has 0 aliphatic carbocycles. The Labute approximate surface area is 118 Å². The van der Waals surface area contributed by atoms with Crippen LogP contribution in [0.15, 0.2) is 18.2 Å². The first kappa shape index (κ1) is 16.4. The highest BCUT2D eigenvalue weighted by Crippen LogP contribution is 2.38. The lowest BCUT2D eigenvalue weighted by Crippen LogP contribution is -2.20. The molecule has 9 heteroatoms. The molecule has 3 nitrogen and oxygen atoms in total. The van der Waals surface area contributed by atoms with E-state index in [-0.39, 0.29) is 23.1 Å². The molecule has 0 saturated heterocycles. The molecule has 0 aliphatic rings. The number of halogens is 5. The molecule has 1 N–H and O–H groups in total. The monoisotopic (exact) mass is 335 g/mol. The Morgan fingerprint density at radius 2 is 1.89 bits per heavy atom. The normalized spacial score (nSPS) is 12.5. The van der Waals surface area contributed by atoms with Crippen molar-refractivity contribution in [3.8, 4) is 0 Å². The minimum absolute atomic E-state index is 0.0928. The SMILES string of the molecule is O=S(=O)(CCCCl)Nc1c(Cl)cccc1C(F)(F)F. The third-order valence-electron chi connectivity index (χ3n) is 2.12. The maximum absolute atomic E-state index is 12.7. The van der Waals surface area contributed by atoms with Gasteiger partial charge in [-0.2, -0.15) is 13.2 Å². The number of benzene rings is 1. The topological polar surface area (TPSA) is 46.2 Å². The van der Waals surface area contributed by atoms with Crippen molar-refractivity contribution in [3.05, 3.63) is 28.8 Å². The summed E-state index contributed by atoms with van der Waals surface area (Å²) in [6, 6.07) is 3.03. The number of hydrogen-bond acceptors (Lipinski definition) is 2. The molecule has 0 amide bonds. The average Bonchev–Trinajstić information content (AvgIpc) is 2.27. The molecule has 0 unspecified atom stereocenters. The van der Waals surface area contributed by atoms with Crippen molar-refractivity contribution in [1.29, 1.82) is 0 Å². The fraction of sp³-hybridized carbons (Fsp3) is 0.400. The van der Waals surface area contributed by atoms with Gasteiger partial charge in [0.1, 0.15) is 0 Å². The number of sulfonamides is 1. The van der Waals surface area contributed by atoms with E-state index in [4.69, 9.17) is 23.2 Å². The van der Waals surface area contributed by atoms with E-state index >= 15 is 0 Å². The molecule has 0 saturated carbocycles. The van der Waals surface area contributed by atoms with Crippen molar-refractivity contribution in [2.45, 2.75) is 12.6 Å². The van der Waals surface area contributed by atoms with Gasteiger partial charge in [0.25, 0.3) is 0 Å². The first-order valence-electron chi connectivity index (χ1n) is 5.09. The maximum Gasteiger partial charge on any atom is 0.418 e. The summed E-state index contributed by atoms with van der Waals surface area (Å²) in [5.74, 6) is -0.283. The van der Waals surface area contributed by atoms with E-state index in [1.54, 1.807) is 0 Å². The Kier molecular flexibility index (Phi) is 5.34. The highest BCUT2D eigenvalue weighted by molar-refractivity contribution is 7.92. The van der Waals surface area contributed by atoms with Crippen LogP contribution in [0.5, 0.6) is 0 Å². The Bertz CT molecular complexity index is 546. The highest BCUT2D eigenvalue weighted by atomic mass is 35.5. The van der Waals surface area contributed by atoms with Gasteiger partial charge in [-0.3, -0.25) is 4.72 Å². The van der Waals surface area contributed by atoms with Crippen LogP contribution in [0.1, 0.15) is 12.0 Å². The Morgan fingerprint density at radius 1 is 1.26 bits per heavy atom. The summed E-state index contributed by atoms with van der Waals surface area (Å²) in [6.45, 7) is 0. The van der Waals surface area contributed by atoms with Crippen LogP contribution in [-0.4, -0.2) is 20.1 Å². The molecule has 0 spiro atoms. The van der Waals surface area contributed by atoms with Gasteiger partial charge < -0.3 is 0 Å². The predicted molar refractivity (Wildman–Crippen MR) is 69.2 cm³/mol. The molecule has 1 rings (SSSR count). The number of nitrogens with one attached hydrogen (secondary N) is 1. The Morgan fingerprint density at radius 3 is 2.42 bits per heavy atom. The number of hydrogen-bond donors (Lipinski definition) is 1. The second-order valence-electron chi connectivity index (χ2n) is 3.62. The van der Waals surface area contributed by atoms with Gasteiger partial charge in [0.2, 0.25) is 10.0 Å². The van der Waals surface area contributed by atoms with Crippen LogP contribution in [0.4, 0.5) is 18.9 Å². The van der Waals surface area contributed by atoms with Gasteiger partial charge in [0, 0.05) is 5.88 Å². The number of alkyl halides is 4. The molecule has 0 aliphatic heterocycles. The fourth-order valence-corrected chi connectivity index (χ4v) is 3.04. The average molecular weight is 336 g/mol. The third-order valence-corrected chi connectivity index (χ3v) is 4.05. The highest BCUT2D eigenvalue weighted by Gasteiger charge is 2.35. The summed E-state index contributed by atoms with van der Waals surface area (Å²) in [4.78, 5) is 0. The lowest BCUT2D eigenvalue weighted by Gasteiger charge is -2.15. The molecule has 19 heavy (non-hydrogen) atoms. The zero-order valence-corrected chi connectivity index (χ0v) is 11.8. The second kappa shape index (κ2) is 6.19. The standard InChI is InChI=1S/C10H10Cl2F3NO2S/c11-5-2-6-19(17,18)16-9-7(10(13,14)15)3-1-4-8(9)12/h1,3-4,16H,2,5-6H2. The molecule has 0 aromatic heterocycles. The van der Waals surface area contributed by atoms with Crippen LogP contribution in [0.3, 0.4) is 0 Å². The molecule has 0 radical (unpaired) electrons. The fourth-order valence-electron chi connectivity index (χ4n) is 1.32. The minimum atomic E-state index is -4.70. The van der Waals surface area contributed by atoms with E-state index in [1.165, 1.54) is 6.07 Å². The maximum atomic E-state index is 12.7. The predicted octanol–water partition coefficient (Wildman–Crippen LogP) is 3.73. The largest absolute Gasteiger partial charge is 0.418 e. The molecule has 0 fully saturated rings. The quantitative estimate of drug-likeness (QED) is 0.833. The van der Waals surface area contributed by atoms with Gasteiger partial charge in [0.15, 0.2) is 0 Å². The van der Waals surface area contributed by atoms with Gasteiger partial charge in [-0.1, -0.05) is 17.7 Å². The molecule has 0 heterocycles. The summed E-state index contributed by atoms with van der Waals surface area (Å²) in [6.07, 6.45) is -4.57. The Hall–Kier alpha value is -0.660. The van der Waals surface area contributed by atoms with Gasteiger partial charge >= 0.3 is 6.18 Å². The molecule has 0 atom stereocenters. The summed E-state index contributed by atoms with van der Waals surface area (Å²) in [5, 5.41) is -0.315. The van der Waals surface area contributed by atoms with Crippen LogP contribution in [0.25, 0.3) is 0 Å². The smallest absolute Gasteiger partial charge is 0.281 e. The summed E-state index contributed by atoms with van der Waals surface area (Å²) >= 11 is 11.0. The molecular weight excluding hydrogens is 326 g/mol. The summed E-state index contributed by atoms with van der Waals surface area (Å²) in [5.41, 5.74) is -1.79. The zero-order chi connectivity index (χ0) is 14.7. The van der Waals surface area contributed by atoms with Crippen molar-refractivity contribution in [1.82, 2.24) is 0 Å². The van der Waals surface area contributed by atoms with Crippen LogP contribution in [-0.2, 0) is 16.2 Å².